The normalized spacial score (nSPS) is 19.6. The number of hydrogen-bond donors (Lipinski definition) is 2. The van der Waals surface area contributed by atoms with Crippen LogP contribution in [0.5, 0.6) is 5.75 Å². The minimum atomic E-state index is -0.376. The molecule has 1 unspecified atom stereocenters. The molecule has 2 aromatic carbocycles. The van der Waals surface area contributed by atoms with Crippen molar-refractivity contribution >= 4 is 40.1 Å². The molecule has 1 aliphatic heterocycles. The summed E-state index contributed by atoms with van der Waals surface area (Å²) in [5.41, 5.74) is 7.71. The largest absolute Gasteiger partial charge is 0.495 e. The summed E-state index contributed by atoms with van der Waals surface area (Å²) in [4.78, 5) is 17.1. The van der Waals surface area contributed by atoms with E-state index in [4.69, 9.17) is 22.1 Å². The second kappa shape index (κ2) is 7.60. The zero-order valence-electron chi connectivity index (χ0n) is 14.6. The van der Waals surface area contributed by atoms with Crippen molar-refractivity contribution in [3.8, 4) is 5.75 Å². The summed E-state index contributed by atoms with van der Waals surface area (Å²) in [6.45, 7) is 2.06. The molecule has 2 aromatic rings. The Morgan fingerprint density at radius 2 is 2.15 bits per heavy atom. The Morgan fingerprint density at radius 3 is 2.85 bits per heavy atom. The molecule has 26 heavy (non-hydrogen) atoms. The highest BCUT2D eigenvalue weighted by molar-refractivity contribution is 8.13. The van der Waals surface area contributed by atoms with Crippen molar-refractivity contribution in [2.75, 3.05) is 18.2 Å². The first-order valence-corrected chi connectivity index (χ1v) is 9.51. The van der Waals surface area contributed by atoms with E-state index in [1.807, 2.05) is 24.3 Å². The molecule has 0 bridgehead atoms. The van der Waals surface area contributed by atoms with Gasteiger partial charge in [0, 0.05) is 17.0 Å². The summed E-state index contributed by atoms with van der Waals surface area (Å²) in [7, 11) is 1.53. The highest BCUT2D eigenvalue weighted by Crippen LogP contribution is 2.36. The number of nitrogens with two attached hydrogens (primary N) is 1. The Balaban J connectivity index is 1.82. The number of anilines is 1. The van der Waals surface area contributed by atoms with Crippen LogP contribution in [0.3, 0.4) is 0 Å². The van der Waals surface area contributed by atoms with E-state index in [1.165, 1.54) is 7.11 Å². The molecule has 0 aliphatic carbocycles. The van der Waals surface area contributed by atoms with Crippen molar-refractivity contribution in [1.82, 2.24) is 0 Å². The molecule has 1 heterocycles. The molecule has 0 saturated heterocycles. The van der Waals surface area contributed by atoms with Crippen molar-refractivity contribution in [2.45, 2.75) is 18.9 Å². The van der Waals surface area contributed by atoms with Gasteiger partial charge in [-0.2, -0.15) is 0 Å². The molecule has 0 radical (unpaired) electrons. The number of thioether (sulfide) groups is 1. The maximum atomic E-state index is 12.5. The number of methoxy groups -OCH3 is 1. The maximum Gasteiger partial charge on any atom is 0.255 e. The van der Waals surface area contributed by atoms with Crippen molar-refractivity contribution in [3.05, 3.63) is 58.6 Å². The lowest BCUT2D eigenvalue weighted by atomic mass is 9.89. The number of nitrogens with zero attached hydrogens (tertiary/aromatic N) is 1. The van der Waals surface area contributed by atoms with Gasteiger partial charge in [-0.15, -0.1) is 0 Å². The fourth-order valence-electron chi connectivity index (χ4n) is 2.84. The minimum Gasteiger partial charge on any atom is -0.495 e. The van der Waals surface area contributed by atoms with Gasteiger partial charge in [0.1, 0.15) is 5.75 Å². The molecule has 7 heteroatoms. The fourth-order valence-corrected chi connectivity index (χ4v) is 4.07. The average molecular weight is 390 g/mol. The number of amides is 1. The zero-order chi connectivity index (χ0) is 18.7. The van der Waals surface area contributed by atoms with E-state index in [0.717, 1.165) is 17.7 Å². The van der Waals surface area contributed by atoms with Crippen LogP contribution in [-0.2, 0) is 5.54 Å². The molecule has 0 spiro atoms. The van der Waals surface area contributed by atoms with E-state index >= 15 is 0 Å². The summed E-state index contributed by atoms with van der Waals surface area (Å²) in [6.07, 6.45) is 0.893. The van der Waals surface area contributed by atoms with E-state index in [-0.39, 0.29) is 11.4 Å². The lowest BCUT2D eigenvalue weighted by Crippen LogP contribution is -2.28. The number of carbonyl (C=O) groups excluding carboxylic acids is 1. The van der Waals surface area contributed by atoms with E-state index in [0.29, 0.717) is 27.2 Å². The van der Waals surface area contributed by atoms with Crippen LogP contribution < -0.4 is 15.8 Å². The quantitative estimate of drug-likeness (QED) is 0.818. The van der Waals surface area contributed by atoms with Gasteiger partial charge in [0.25, 0.3) is 5.91 Å². The van der Waals surface area contributed by atoms with Gasteiger partial charge in [-0.3, -0.25) is 9.79 Å². The molecular weight excluding hydrogens is 370 g/mol. The van der Waals surface area contributed by atoms with Gasteiger partial charge >= 0.3 is 0 Å². The lowest BCUT2D eigenvalue weighted by Gasteiger charge is -2.30. The van der Waals surface area contributed by atoms with Gasteiger partial charge in [0.15, 0.2) is 5.17 Å². The number of hydrogen-bond acceptors (Lipinski definition) is 5. The lowest BCUT2D eigenvalue weighted by molar-refractivity contribution is 0.102. The molecule has 1 atom stereocenters. The van der Waals surface area contributed by atoms with E-state index < -0.39 is 0 Å². The number of benzene rings is 2. The van der Waals surface area contributed by atoms with Crippen molar-refractivity contribution in [3.63, 3.8) is 0 Å². The number of ether oxygens (including phenoxy) is 1. The first-order valence-electron chi connectivity index (χ1n) is 8.15. The monoisotopic (exact) mass is 389 g/mol. The predicted octanol–water partition coefficient (Wildman–Crippen LogP) is 4.27. The van der Waals surface area contributed by atoms with Crippen molar-refractivity contribution in [1.29, 1.82) is 0 Å². The molecule has 0 saturated carbocycles. The van der Waals surface area contributed by atoms with Gasteiger partial charge in [0.2, 0.25) is 0 Å². The molecule has 3 rings (SSSR count). The van der Waals surface area contributed by atoms with E-state index in [9.17, 15) is 4.79 Å². The van der Waals surface area contributed by atoms with Gasteiger partial charge in [-0.25, -0.2) is 0 Å². The average Bonchev–Trinajstić information content (AvgIpc) is 2.61. The number of rotatable bonds is 4. The minimum absolute atomic E-state index is 0.237. The molecular formula is C19H20ClN3O2S. The predicted molar refractivity (Wildman–Crippen MR) is 108 cm³/mol. The van der Waals surface area contributed by atoms with E-state index in [1.54, 1.807) is 30.0 Å². The van der Waals surface area contributed by atoms with Crippen molar-refractivity contribution < 1.29 is 9.53 Å². The number of carbonyl (C=O) groups is 1. The van der Waals surface area contributed by atoms with Gasteiger partial charge in [-0.05, 0) is 49.2 Å². The Kier molecular flexibility index (Phi) is 5.44. The third-order valence-electron chi connectivity index (χ3n) is 4.35. The number of amidine groups is 1. The van der Waals surface area contributed by atoms with Crippen LogP contribution in [0.4, 0.5) is 5.69 Å². The van der Waals surface area contributed by atoms with Crippen LogP contribution in [0.25, 0.3) is 0 Å². The fraction of sp³-hybridized carbons (Fsp3) is 0.263. The number of nitrogens with one attached hydrogen (secondary N) is 1. The first kappa shape index (κ1) is 18.6. The smallest absolute Gasteiger partial charge is 0.255 e. The second-order valence-electron chi connectivity index (χ2n) is 6.21. The van der Waals surface area contributed by atoms with Crippen LogP contribution >= 0.6 is 23.4 Å². The van der Waals surface area contributed by atoms with Crippen LogP contribution in [0, 0.1) is 0 Å². The van der Waals surface area contributed by atoms with Crippen molar-refractivity contribution in [2.24, 2.45) is 10.7 Å². The number of aliphatic imine (C=N–C) groups is 1. The number of halogens is 1. The van der Waals surface area contributed by atoms with Gasteiger partial charge in [-0.1, -0.05) is 35.5 Å². The summed E-state index contributed by atoms with van der Waals surface area (Å²) < 4.78 is 5.11. The summed E-state index contributed by atoms with van der Waals surface area (Å²) in [5.74, 6) is 1.22. The van der Waals surface area contributed by atoms with Crippen LogP contribution in [0.2, 0.25) is 5.02 Å². The SMILES string of the molecule is COc1ccc(C(=O)Nc2cccc(C3(C)CCSC(N)=N3)c2)cc1Cl. The summed E-state index contributed by atoms with van der Waals surface area (Å²) in [6, 6.07) is 12.6. The topological polar surface area (TPSA) is 76.7 Å². The molecule has 1 aliphatic rings. The molecule has 3 N–H and O–H groups in total. The van der Waals surface area contributed by atoms with Crippen LogP contribution in [-0.4, -0.2) is 23.9 Å². The molecule has 0 fully saturated rings. The Bertz CT molecular complexity index is 872. The molecule has 0 aromatic heterocycles. The Morgan fingerprint density at radius 1 is 1.35 bits per heavy atom. The second-order valence-corrected chi connectivity index (χ2v) is 7.73. The van der Waals surface area contributed by atoms with E-state index in [2.05, 4.69) is 17.2 Å². The highest BCUT2D eigenvalue weighted by Gasteiger charge is 2.29. The third kappa shape index (κ3) is 3.97. The maximum absolute atomic E-state index is 12.5. The third-order valence-corrected chi connectivity index (χ3v) is 5.44. The Hall–Kier alpha value is -2.18. The standard InChI is InChI=1S/C19H20ClN3O2S/c1-19(8-9-26-18(21)23-19)13-4-3-5-14(11-13)22-17(24)12-6-7-16(25-2)15(20)10-12/h3-7,10-11H,8-9H2,1-2H3,(H2,21,23)(H,22,24). The molecule has 136 valence electrons. The highest BCUT2D eigenvalue weighted by atomic mass is 35.5. The summed E-state index contributed by atoms with van der Waals surface area (Å²) >= 11 is 7.67. The first-order chi connectivity index (χ1) is 12.4. The molecule has 5 nitrogen and oxygen atoms in total. The van der Waals surface area contributed by atoms with Crippen LogP contribution in [0.15, 0.2) is 47.5 Å². The van der Waals surface area contributed by atoms with Gasteiger partial charge < -0.3 is 15.8 Å². The zero-order valence-corrected chi connectivity index (χ0v) is 16.2. The molecule has 1 amide bonds. The summed E-state index contributed by atoms with van der Waals surface area (Å²) in [5, 5.41) is 3.90. The van der Waals surface area contributed by atoms with Gasteiger partial charge in [0.05, 0.1) is 17.7 Å². The Labute approximate surface area is 162 Å². The van der Waals surface area contributed by atoms with Crippen LogP contribution in [0.1, 0.15) is 29.3 Å².